The number of nitrogens with zero attached hydrogens (tertiary/aromatic N) is 3. The maximum atomic E-state index is 10.6. The molecule has 0 atom stereocenters. The van der Waals surface area contributed by atoms with E-state index in [-0.39, 0.29) is 5.95 Å². The number of rotatable bonds is 5. The van der Waals surface area contributed by atoms with E-state index in [1.54, 1.807) is 6.20 Å². The summed E-state index contributed by atoms with van der Waals surface area (Å²) in [4.78, 5) is 13.7. The molecule has 0 aliphatic carbocycles. The van der Waals surface area contributed by atoms with Crippen LogP contribution in [-0.2, 0) is 6.54 Å². The third-order valence-electron chi connectivity index (χ3n) is 2.20. The molecule has 0 spiro atoms. The Bertz CT molecular complexity index is 496. The minimum atomic E-state index is -0.511. The highest BCUT2D eigenvalue weighted by molar-refractivity contribution is 5.20. The summed E-state index contributed by atoms with van der Waals surface area (Å²) in [5, 5.41) is 10.6. The number of nitro groups is 1. The average Bonchev–Trinajstić information content (AvgIpc) is 2.79. The minimum absolute atomic E-state index is 0.165. The number of ether oxygens (including phenoxy) is 1. The Hall–Kier alpha value is -2.37. The van der Waals surface area contributed by atoms with Gasteiger partial charge < -0.3 is 14.9 Å². The van der Waals surface area contributed by atoms with Gasteiger partial charge in [0.25, 0.3) is 0 Å². The van der Waals surface area contributed by atoms with Crippen molar-refractivity contribution in [3.63, 3.8) is 0 Å². The van der Waals surface area contributed by atoms with Gasteiger partial charge in [-0.3, -0.25) is 0 Å². The van der Waals surface area contributed by atoms with Crippen molar-refractivity contribution in [2.75, 3.05) is 6.61 Å². The van der Waals surface area contributed by atoms with E-state index >= 15 is 0 Å². The second-order valence-corrected chi connectivity index (χ2v) is 3.34. The van der Waals surface area contributed by atoms with Crippen molar-refractivity contribution in [3.05, 3.63) is 52.8 Å². The first-order valence-electron chi connectivity index (χ1n) is 5.11. The molecule has 1 aromatic carbocycles. The molecule has 0 unspecified atom stereocenters. The van der Waals surface area contributed by atoms with Crippen LogP contribution in [0.15, 0.2) is 42.7 Å². The van der Waals surface area contributed by atoms with Crippen LogP contribution in [0.4, 0.5) is 5.95 Å². The molecule has 1 aromatic heterocycles. The van der Waals surface area contributed by atoms with Gasteiger partial charge in [-0.1, -0.05) is 23.2 Å². The molecule has 0 aliphatic heterocycles. The summed E-state index contributed by atoms with van der Waals surface area (Å²) in [5.41, 5.74) is 0. The fraction of sp³-hybridized carbons (Fsp3) is 0.182. The number of para-hydroxylation sites is 1. The van der Waals surface area contributed by atoms with Crippen molar-refractivity contribution < 1.29 is 9.66 Å². The van der Waals surface area contributed by atoms with E-state index in [1.807, 2.05) is 30.3 Å². The van der Waals surface area contributed by atoms with Gasteiger partial charge in [0, 0.05) is 0 Å². The quantitative estimate of drug-likeness (QED) is 0.584. The summed E-state index contributed by atoms with van der Waals surface area (Å²) >= 11 is 0. The molecule has 6 heteroatoms. The molecule has 0 saturated heterocycles. The Morgan fingerprint density at radius 3 is 2.82 bits per heavy atom. The molecule has 0 bridgehead atoms. The summed E-state index contributed by atoms with van der Waals surface area (Å²) in [5.74, 6) is 0.580. The summed E-state index contributed by atoms with van der Waals surface area (Å²) < 4.78 is 6.89. The molecule has 88 valence electrons. The van der Waals surface area contributed by atoms with Gasteiger partial charge in [-0.05, 0) is 17.1 Å². The normalized spacial score (nSPS) is 10.1. The van der Waals surface area contributed by atoms with E-state index in [1.165, 1.54) is 10.8 Å². The molecule has 6 nitrogen and oxygen atoms in total. The lowest BCUT2D eigenvalue weighted by Gasteiger charge is -2.05. The van der Waals surface area contributed by atoms with Crippen LogP contribution in [-0.4, -0.2) is 21.1 Å². The lowest BCUT2D eigenvalue weighted by atomic mass is 10.3. The molecule has 17 heavy (non-hydrogen) atoms. The maximum absolute atomic E-state index is 10.6. The third kappa shape index (κ3) is 2.81. The predicted octanol–water partition coefficient (Wildman–Crippen LogP) is 1.87. The van der Waals surface area contributed by atoms with Gasteiger partial charge in [0.2, 0.25) is 0 Å². The Kier molecular flexibility index (Phi) is 3.34. The van der Waals surface area contributed by atoms with Crippen LogP contribution in [0.2, 0.25) is 0 Å². The van der Waals surface area contributed by atoms with Gasteiger partial charge in [0.05, 0.1) is 0 Å². The highest BCUT2D eigenvalue weighted by Gasteiger charge is 2.13. The lowest BCUT2D eigenvalue weighted by molar-refractivity contribution is -0.396. The SMILES string of the molecule is O=[N+]([O-])c1nccn1CCOc1ccccc1. The number of aromatic nitrogens is 2. The zero-order valence-electron chi connectivity index (χ0n) is 9.02. The number of hydrogen-bond acceptors (Lipinski definition) is 4. The first-order valence-corrected chi connectivity index (χ1v) is 5.11. The van der Waals surface area contributed by atoms with E-state index in [2.05, 4.69) is 4.98 Å². The first-order chi connectivity index (χ1) is 8.27. The average molecular weight is 233 g/mol. The first kappa shape index (κ1) is 11.1. The summed E-state index contributed by atoms with van der Waals surface area (Å²) in [7, 11) is 0. The molecule has 0 N–H and O–H groups in total. The molecule has 0 aliphatic rings. The van der Waals surface area contributed by atoms with Crippen LogP contribution < -0.4 is 4.74 Å². The van der Waals surface area contributed by atoms with Crippen LogP contribution in [0.3, 0.4) is 0 Å². The zero-order chi connectivity index (χ0) is 12.1. The summed E-state index contributed by atoms with van der Waals surface area (Å²) in [6, 6.07) is 9.31. The second kappa shape index (κ2) is 5.11. The Morgan fingerprint density at radius 2 is 2.12 bits per heavy atom. The van der Waals surface area contributed by atoms with Crippen molar-refractivity contribution >= 4 is 5.95 Å². The lowest BCUT2D eigenvalue weighted by Crippen LogP contribution is -2.09. The van der Waals surface area contributed by atoms with Crippen LogP contribution in [0.5, 0.6) is 5.75 Å². The molecular formula is C11H11N3O3. The molecule has 0 amide bonds. The highest BCUT2D eigenvalue weighted by atomic mass is 16.6. The second-order valence-electron chi connectivity index (χ2n) is 3.34. The van der Waals surface area contributed by atoms with Crippen molar-refractivity contribution in [2.45, 2.75) is 6.54 Å². The van der Waals surface area contributed by atoms with Gasteiger partial charge in [0.1, 0.15) is 31.3 Å². The largest absolute Gasteiger partial charge is 0.490 e. The van der Waals surface area contributed by atoms with E-state index < -0.39 is 4.92 Å². The van der Waals surface area contributed by atoms with Crippen molar-refractivity contribution in [1.82, 2.24) is 9.55 Å². The van der Waals surface area contributed by atoms with E-state index in [0.717, 1.165) is 5.75 Å². The van der Waals surface area contributed by atoms with Gasteiger partial charge >= 0.3 is 5.95 Å². The topological polar surface area (TPSA) is 70.2 Å². The fourth-order valence-electron chi connectivity index (χ4n) is 1.43. The zero-order valence-corrected chi connectivity index (χ0v) is 9.02. The maximum Gasteiger partial charge on any atom is 0.434 e. The van der Waals surface area contributed by atoms with E-state index in [4.69, 9.17) is 4.74 Å². The number of imidazole rings is 1. The van der Waals surface area contributed by atoms with Crippen LogP contribution in [0.25, 0.3) is 0 Å². The van der Waals surface area contributed by atoms with Gasteiger partial charge in [-0.25, -0.2) is 4.57 Å². The van der Waals surface area contributed by atoms with Crippen molar-refractivity contribution in [1.29, 1.82) is 0 Å². The molecular weight excluding hydrogens is 222 g/mol. The predicted molar refractivity (Wildman–Crippen MR) is 60.8 cm³/mol. The summed E-state index contributed by atoms with van der Waals surface area (Å²) in [6.45, 7) is 0.756. The minimum Gasteiger partial charge on any atom is -0.490 e. The highest BCUT2D eigenvalue weighted by Crippen LogP contribution is 2.10. The number of benzene rings is 1. The molecule has 0 radical (unpaired) electrons. The molecule has 2 rings (SSSR count). The molecule has 0 saturated carbocycles. The van der Waals surface area contributed by atoms with Crippen LogP contribution in [0, 0.1) is 10.1 Å². The van der Waals surface area contributed by atoms with Crippen LogP contribution in [0.1, 0.15) is 0 Å². The Labute approximate surface area is 97.6 Å². The third-order valence-corrected chi connectivity index (χ3v) is 2.20. The Morgan fingerprint density at radius 1 is 1.35 bits per heavy atom. The number of hydrogen-bond donors (Lipinski definition) is 0. The van der Waals surface area contributed by atoms with Gasteiger partial charge in [-0.2, -0.15) is 0 Å². The van der Waals surface area contributed by atoms with Crippen LogP contribution >= 0.6 is 0 Å². The van der Waals surface area contributed by atoms with E-state index in [0.29, 0.717) is 13.2 Å². The van der Waals surface area contributed by atoms with Gasteiger partial charge in [0.15, 0.2) is 0 Å². The molecule has 2 aromatic rings. The fourth-order valence-corrected chi connectivity index (χ4v) is 1.43. The molecule has 0 fully saturated rings. The Balaban J connectivity index is 1.90. The van der Waals surface area contributed by atoms with Crippen molar-refractivity contribution in [3.8, 4) is 5.75 Å². The van der Waals surface area contributed by atoms with E-state index in [9.17, 15) is 10.1 Å². The van der Waals surface area contributed by atoms with Crippen molar-refractivity contribution in [2.24, 2.45) is 0 Å². The molecule has 1 heterocycles. The smallest absolute Gasteiger partial charge is 0.434 e. The van der Waals surface area contributed by atoms with Gasteiger partial charge in [-0.15, -0.1) is 0 Å². The summed E-state index contributed by atoms with van der Waals surface area (Å²) in [6.07, 6.45) is 2.97. The standard InChI is InChI=1S/C11H11N3O3/c15-14(16)11-12-6-7-13(11)8-9-17-10-4-2-1-3-5-10/h1-7H,8-9H2. The monoisotopic (exact) mass is 233 g/mol.